The first kappa shape index (κ1) is 16.8. The number of nitrogens with zero attached hydrogens (tertiary/aromatic N) is 1. The Kier molecular flexibility index (Phi) is 5.06. The fourth-order valence-corrected chi connectivity index (χ4v) is 3.23. The molecular formula is C18H21FN2O3. The zero-order valence-electron chi connectivity index (χ0n) is 13.7. The standard InChI is InChI=1S/C18H21FN2O3/c1-23-17(22)18(4-7-24-8-5-18)12-20-11-14-10-15(19)9-13-3-2-6-21-16(13)14/h2-3,6,9-10,20H,4-5,7-8,11-12H2,1H3. The van der Waals surface area contributed by atoms with Crippen molar-refractivity contribution >= 4 is 16.9 Å². The summed E-state index contributed by atoms with van der Waals surface area (Å²) < 4.78 is 24.1. The van der Waals surface area contributed by atoms with Crippen molar-refractivity contribution in [3.05, 3.63) is 41.8 Å². The van der Waals surface area contributed by atoms with Crippen LogP contribution in [-0.2, 0) is 20.8 Å². The van der Waals surface area contributed by atoms with Crippen LogP contribution in [0.15, 0.2) is 30.5 Å². The van der Waals surface area contributed by atoms with Crippen molar-refractivity contribution < 1.29 is 18.7 Å². The lowest BCUT2D eigenvalue weighted by Gasteiger charge is -2.34. The maximum Gasteiger partial charge on any atom is 0.313 e. The molecule has 0 amide bonds. The van der Waals surface area contributed by atoms with Crippen LogP contribution in [0.5, 0.6) is 0 Å². The Morgan fingerprint density at radius 1 is 1.42 bits per heavy atom. The summed E-state index contributed by atoms with van der Waals surface area (Å²) in [6.45, 7) is 1.99. The van der Waals surface area contributed by atoms with E-state index >= 15 is 0 Å². The van der Waals surface area contributed by atoms with E-state index in [-0.39, 0.29) is 11.8 Å². The third kappa shape index (κ3) is 3.39. The lowest BCUT2D eigenvalue weighted by atomic mass is 9.80. The van der Waals surface area contributed by atoms with Crippen LogP contribution in [0.25, 0.3) is 10.9 Å². The molecule has 0 atom stereocenters. The summed E-state index contributed by atoms with van der Waals surface area (Å²) in [5, 5.41) is 4.05. The van der Waals surface area contributed by atoms with Crippen molar-refractivity contribution in [2.75, 3.05) is 26.9 Å². The van der Waals surface area contributed by atoms with Gasteiger partial charge in [0, 0.05) is 37.9 Å². The molecular weight excluding hydrogens is 311 g/mol. The van der Waals surface area contributed by atoms with Gasteiger partial charge in [0.25, 0.3) is 0 Å². The third-order valence-electron chi connectivity index (χ3n) is 4.60. The second-order valence-electron chi connectivity index (χ2n) is 6.13. The summed E-state index contributed by atoms with van der Waals surface area (Å²) in [6, 6.07) is 6.58. The minimum absolute atomic E-state index is 0.222. The molecule has 1 aliphatic rings. The molecule has 2 aromatic rings. The molecule has 2 heterocycles. The molecule has 0 bridgehead atoms. The number of methoxy groups -OCH3 is 1. The van der Waals surface area contributed by atoms with Crippen molar-refractivity contribution in [3.63, 3.8) is 0 Å². The van der Waals surface area contributed by atoms with Crippen molar-refractivity contribution in [1.29, 1.82) is 0 Å². The summed E-state index contributed by atoms with van der Waals surface area (Å²) in [5.74, 6) is -0.512. The van der Waals surface area contributed by atoms with Crippen LogP contribution in [-0.4, -0.2) is 37.8 Å². The van der Waals surface area contributed by atoms with E-state index in [2.05, 4.69) is 10.3 Å². The van der Waals surface area contributed by atoms with Gasteiger partial charge in [0.15, 0.2) is 0 Å². The summed E-state index contributed by atoms with van der Waals surface area (Å²) in [6.07, 6.45) is 2.93. The van der Waals surface area contributed by atoms with Crippen LogP contribution in [0.2, 0.25) is 0 Å². The number of hydrogen-bond donors (Lipinski definition) is 1. The first-order valence-corrected chi connectivity index (χ1v) is 8.05. The maximum atomic E-state index is 13.8. The highest BCUT2D eigenvalue weighted by Gasteiger charge is 2.40. The number of aromatic nitrogens is 1. The van der Waals surface area contributed by atoms with Gasteiger partial charge in [-0.25, -0.2) is 4.39 Å². The molecule has 0 unspecified atom stereocenters. The minimum atomic E-state index is -0.580. The lowest BCUT2D eigenvalue weighted by molar-refractivity contribution is -0.158. The van der Waals surface area contributed by atoms with Gasteiger partial charge in [-0.05, 0) is 36.6 Å². The van der Waals surface area contributed by atoms with Gasteiger partial charge >= 0.3 is 5.97 Å². The molecule has 5 nitrogen and oxygen atoms in total. The van der Waals surface area contributed by atoms with Crippen molar-refractivity contribution in [1.82, 2.24) is 10.3 Å². The first-order valence-electron chi connectivity index (χ1n) is 8.05. The summed E-state index contributed by atoms with van der Waals surface area (Å²) >= 11 is 0. The largest absolute Gasteiger partial charge is 0.469 e. The summed E-state index contributed by atoms with van der Waals surface area (Å²) in [7, 11) is 1.41. The van der Waals surface area contributed by atoms with E-state index in [1.165, 1.54) is 19.2 Å². The summed E-state index contributed by atoms with van der Waals surface area (Å²) in [4.78, 5) is 16.5. The fourth-order valence-electron chi connectivity index (χ4n) is 3.23. The molecule has 1 aliphatic heterocycles. The highest BCUT2D eigenvalue weighted by molar-refractivity contribution is 5.81. The monoisotopic (exact) mass is 332 g/mol. The lowest BCUT2D eigenvalue weighted by Crippen LogP contribution is -2.45. The van der Waals surface area contributed by atoms with Crippen LogP contribution >= 0.6 is 0 Å². The predicted octanol–water partition coefficient (Wildman–Crippen LogP) is 2.43. The molecule has 128 valence electrons. The molecule has 0 aliphatic carbocycles. The van der Waals surface area contributed by atoms with Crippen LogP contribution in [0.4, 0.5) is 4.39 Å². The smallest absolute Gasteiger partial charge is 0.313 e. The molecule has 3 rings (SSSR count). The van der Waals surface area contributed by atoms with Gasteiger partial charge < -0.3 is 14.8 Å². The molecule has 1 fully saturated rings. The number of nitrogens with one attached hydrogen (secondary N) is 1. The van der Waals surface area contributed by atoms with Crippen LogP contribution in [0.3, 0.4) is 0 Å². The number of carbonyl (C=O) groups is 1. The second kappa shape index (κ2) is 7.23. The van der Waals surface area contributed by atoms with E-state index in [4.69, 9.17) is 9.47 Å². The van der Waals surface area contributed by atoms with Gasteiger partial charge in [0.05, 0.1) is 18.0 Å². The predicted molar refractivity (Wildman–Crippen MR) is 87.9 cm³/mol. The Morgan fingerprint density at radius 2 is 2.21 bits per heavy atom. The van der Waals surface area contributed by atoms with E-state index in [1.54, 1.807) is 12.3 Å². The van der Waals surface area contributed by atoms with Crippen molar-refractivity contribution in [2.24, 2.45) is 5.41 Å². The van der Waals surface area contributed by atoms with Crippen molar-refractivity contribution in [3.8, 4) is 0 Å². The van der Waals surface area contributed by atoms with Gasteiger partial charge in [-0.15, -0.1) is 0 Å². The van der Waals surface area contributed by atoms with Gasteiger partial charge in [0.1, 0.15) is 5.82 Å². The van der Waals surface area contributed by atoms with E-state index in [0.717, 1.165) is 16.5 Å². The second-order valence-corrected chi connectivity index (χ2v) is 6.13. The number of carbonyl (C=O) groups excluding carboxylic acids is 1. The Balaban J connectivity index is 1.74. The average molecular weight is 332 g/mol. The fraction of sp³-hybridized carbons (Fsp3) is 0.444. The molecule has 0 saturated carbocycles. The number of benzene rings is 1. The van der Waals surface area contributed by atoms with Crippen LogP contribution in [0, 0.1) is 11.2 Å². The number of ether oxygens (including phenoxy) is 2. The maximum absolute atomic E-state index is 13.8. The Bertz CT molecular complexity index is 729. The molecule has 0 spiro atoms. The number of rotatable bonds is 5. The number of esters is 1. The molecule has 24 heavy (non-hydrogen) atoms. The Hall–Kier alpha value is -2.05. The van der Waals surface area contributed by atoms with Gasteiger partial charge in [-0.2, -0.15) is 0 Å². The zero-order valence-corrected chi connectivity index (χ0v) is 13.7. The molecule has 1 aromatic heterocycles. The molecule has 1 N–H and O–H groups in total. The number of halogens is 1. The molecule has 6 heteroatoms. The van der Waals surface area contributed by atoms with Crippen LogP contribution < -0.4 is 5.32 Å². The quantitative estimate of drug-likeness (QED) is 0.852. The van der Waals surface area contributed by atoms with Crippen LogP contribution in [0.1, 0.15) is 18.4 Å². The number of hydrogen-bond acceptors (Lipinski definition) is 5. The number of pyridine rings is 1. The molecule has 0 radical (unpaired) electrons. The minimum Gasteiger partial charge on any atom is -0.469 e. The SMILES string of the molecule is COC(=O)C1(CNCc2cc(F)cc3cccnc23)CCOCC1. The van der Waals surface area contributed by atoms with Gasteiger partial charge in [-0.3, -0.25) is 9.78 Å². The van der Waals surface area contributed by atoms with E-state index < -0.39 is 5.41 Å². The van der Waals surface area contributed by atoms with E-state index in [9.17, 15) is 9.18 Å². The molecule has 1 saturated heterocycles. The van der Waals surface area contributed by atoms with Gasteiger partial charge in [-0.1, -0.05) is 6.07 Å². The normalized spacial score (nSPS) is 16.9. The summed E-state index contributed by atoms with van der Waals surface area (Å²) in [5.41, 5.74) is 0.965. The zero-order chi connectivity index (χ0) is 17.0. The first-order chi connectivity index (χ1) is 11.6. The van der Waals surface area contributed by atoms with Crippen molar-refractivity contribution in [2.45, 2.75) is 19.4 Å². The highest BCUT2D eigenvalue weighted by Crippen LogP contribution is 2.31. The Morgan fingerprint density at radius 3 is 2.96 bits per heavy atom. The highest BCUT2D eigenvalue weighted by atomic mass is 19.1. The molecule has 1 aromatic carbocycles. The average Bonchev–Trinajstić information content (AvgIpc) is 2.61. The van der Waals surface area contributed by atoms with E-state index in [0.29, 0.717) is 39.1 Å². The van der Waals surface area contributed by atoms with E-state index in [1.807, 2.05) is 6.07 Å². The Labute approximate surface area is 140 Å². The third-order valence-corrected chi connectivity index (χ3v) is 4.60. The van der Waals surface area contributed by atoms with Gasteiger partial charge in [0.2, 0.25) is 0 Å². The number of fused-ring (bicyclic) bond motifs is 1. The topological polar surface area (TPSA) is 60.5 Å².